The molecule has 1 heterocycles. The van der Waals surface area contributed by atoms with Crippen molar-refractivity contribution in [1.29, 1.82) is 0 Å². The molecular weight excluding hydrogens is 367 g/mol. The number of methoxy groups -OCH3 is 1. The molecule has 27 heavy (non-hydrogen) atoms. The smallest absolute Gasteiger partial charge is 0.276 e. The highest BCUT2D eigenvalue weighted by Gasteiger charge is 2.29. The number of amides is 1. The van der Waals surface area contributed by atoms with Gasteiger partial charge in [-0.3, -0.25) is 9.69 Å². The molecule has 7 heteroatoms. The molecule has 0 atom stereocenters. The average molecular weight is 386 g/mol. The number of hydrogen-bond donors (Lipinski definition) is 1. The maximum absolute atomic E-state index is 13.0. The van der Waals surface area contributed by atoms with E-state index in [4.69, 9.17) is 21.7 Å². The summed E-state index contributed by atoms with van der Waals surface area (Å²) < 4.78 is 24.1. The zero-order chi connectivity index (χ0) is 19.4. The Morgan fingerprint density at radius 3 is 2.59 bits per heavy atom. The van der Waals surface area contributed by atoms with Gasteiger partial charge in [-0.25, -0.2) is 4.39 Å². The molecule has 1 fully saturated rings. The van der Waals surface area contributed by atoms with E-state index in [1.165, 1.54) is 17.0 Å². The van der Waals surface area contributed by atoms with Crippen LogP contribution < -0.4 is 14.8 Å². The van der Waals surface area contributed by atoms with Crippen molar-refractivity contribution in [1.82, 2.24) is 10.2 Å². The Labute approximate surface area is 162 Å². The Hall–Kier alpha value is -2.93. The highest BCUT2D eigenvalue weighted by atomic mass is 32.1. The first-order valence-electron chi connectivity index (χ1n) is 8.41. The van der Waals surface area contributed by atoms with E-state index in [2.05, 4.69) is 5.32 Å². The van der Waals surface area contributed by atoms with Crippen LogP contribution in [0.15, 0.2) is 48.2 Å². The summed E-state index contributed by atoms with van der Waals surface area (Å²) in [5.74, 6) is 0.748. The number of carbonyl (C=O) groups excluding carboxylic acids is 1. The third-order valence-electron chi connectivity index (χ3n) is 4.10. The highest BCUT2D eigenvalue weighted by molar-refractivity contribution is 7.80. The summed E-state index contributed by atoms with van der Waals surface area (Å²) in [5.41, 5.74) is 2.04. The van der Waals surface area contributed by atoms with Gasteiger partial charge in [-0.2, -0.15) is 0 Å². The average Bonchev–Trinajstić information content (AvgIpc) is 2.94. The number of likely N-dealkylation sites (N-methyl/N-ethyl adjacent to an activating group) is 1. The minimum absolute atomic E-state index is 0.151. The van der Waals surface area contributed by atoms with E-state index in [0.29, 0.717) is 28.9 Å². The van der Waals surface area contributed by atoms with Crippen LogP contribution in [-0.4, -0.2) is 29.6 Å². The monoisotopic (exact) mass is 386 g/mol. The van der Waals surface area contributed by atoms with Crippen LogP contribution in [0.3, 0.4) is 0 Å². The number of nitrogens with zero attached hydrogens (tertiary/aromatic N) is 1. The summed E-state index contributed by atoms with van der Waals surface area (Å²) in [6.07, 6.45) is 1.74. The van der Waals surface area contributed by atoms with Crippen LogP contribution in [0.2, 0.25) is 0 Å². The van der Waals surface area contributed by atoms with Crippen molar-refractivity contribution in [2.24, 2.45) is 0 Å². The quantitative estimate of drug-likeness (QED) is 0.608. The van der Waals surface area contributed by atoms with Crippen LogP contribution in [0, 0.1) is 5.82 Å². The normalized spacial score (nSPS) is 15.2. The lowest BCUT2D eigenvalue weighted by Crippen LogP contribution is -2.30. The van der Waals surface area contributed by atoms with E-state index in [0.717, 1.165) is 11.1 Å². The number of rotatable bonds is 6. The third-order valence-corrected chi connectivity index (χ3v) is 4.42. The molecule has 0 bridgehead atoms. The number of thiocarbonyl (C=S) groups is 1. The third kappa shape index (κ3) is 4.25. The van der Waals surface area contributed by atoms with Gasteiger partial charge in [0.2, 0.25) is 0 Å². The zero-order valence-corrected chi connectivity index (χ0v) is 15.8. The molecule has 0 aromatic heterocycles. The molecular formula is C20H19FN2O3S. The van der Waals surface area contributed by atoms with Gasteiger partial charge in [0, 0.05) is 12.1 Å². The molecule has 2 aromatic carbocycles. The predicted octanol–water partition coefficient (Wildman–Crippen LogP) is 3.49. The Kier molecular flexibility index (Phi) is 5.71. The van der Waals surface area contributed by atoms with Gasteiger partial charge < -0.3 is 14.8 Å². The molecule has 0 radical (unpaired) electrons. The van der Waals surface area contributed by atoms with Gasteiger partial charge in [0.05, 0.1) is 7.11 Å². The summed E-state index contributed by atoms with van der Waals surface area (Å²) in [6.45, 7) is 2.63. The molecule has 0 aliphatic carbocycles. The van der Waals surface area contributed by atoms with E-state index >= 15 is 0 Å². The van der Waals surface area contributed by atoms with Crippen molar-refractivity contribution >= 4 is 29.3 Å². The standard InChI is InChI=1S/C20H19FN2O3S/c1-3-23-19(24)17(22-20(23)27)11-13-4-9-18(25-2)14(10-13)12-26-16-7-5-15(21)6-8-16/h4-11H,3,12H2,1-2H3,(H,22,27). The summed E-state index contributed by atoms with van der Waals surface area (Å²) in [6, 6.07) is 11.3. The predicted molar refractivity (Wildman–Crippen MR) is 105 cm³/mol. The van der Waals surface area contributed by atoms with Gasteiger partial charge in [-0.15, -0.1) is 0 Å². The summed E-state index contributed by atoms with van der Waals surface area (Å²) in [7, 11) is 1.58. The minimum Gasteiger partial charge on any atom is -0.496 e. The second kappa shape index (κ2) is 8.18. The Morgan fingerprint density at radius 2 is 1.96 bits per heavy atom. The lowest BCUT2D eigenvalue weighted by Gasteiger charge is -2.11. The van der Waals surface area contributed by atoms with Crippen molar-refractivity contribution in [3.8, 4) is 11.5 Å². The maximum Gasteiger partial charge on any atom is 0.276 e. The Bertz CT molecular complexity index is 897. The maximum atomic E-state index is 13.0. The van der Waals surface area contributed by atoms with Gasteiger partial charge >= 0.3 is 0 Å². The van der Waals surface area contributed by atoms with Crippen molar-refractivity contribution in [2.75, 3.05) is 13.7 Å². The summed E-state index contributed by atoms with van der Waals surface area (Å²) >= 11 is 5.17. The molecule has 3 rings (SSSR count). The topological polar surface area (TPSA) is 50.8 Å². The molecule has 1 aliphatic rings. The first-order chi connectivity index (χ1) is 13.0. The molecule has 1 aliphatic heterocycles. The van der Waals surface area contributed by atoms with Gasteiger partial charge in [0.25, 0.3) is 5.91 Å². The molecule has 1 amide bonds. The molecule has 2 aromatic rings. The van der Waals surface area contributed by atoms with Crippen LogP contribution >= 0.6 is 12.2 Å². The van der Waals surface area contributed by atoms with Gasteiger partial charge in [0.1, 0.15) is 29.6 Å². The Balaban J connectivity index is 1.81. The van der Waals surface area contributed by atoms with Crippen LogP contribution in [-0.2, 0) is 11.4 Å². The first kappa shape index (κ1) is 18.8. The van der Waals surface area contributed by atoms with Gasteiger partial charge in [0.15, 0.2) is 5.11 Å². The molecule has 0 unspecified atom stereocenters. The number of carbonyl (C=O) groups is 1. The summed E-state index contributed by atoms with van der Waals surface area (Å²) in [5, 5.41) is 3.34. The molecule has 1 saturated heterocycles. The second-order valence-corrected chi connectivity index (χ2v) is 6.24. The number of nitrogens with one attached hydrogen (secondary N) is 1. The Morgan fingerprint density at radius 1 is 1.22 bits per heavy atom. The van der Waals surface area contributed by atoms with E-state index in [9.17, 15) is 9.18 Å². The SMILES string of the molecule is CCN1C(=O)C(=Cc2ccc(OC)c(COc3ccc(F)cc3)c2)NC1=S. The number of ether oxygens (including phenoxy) is 2. The van der Waals surface area contributed by atoms with E-state index < -0.39 is 0 Å². The minimum atomic E-state index is -0.318. The van der Waals surface area contributed by atoms with Crippen molar-refractivity contribution < 1.29 is 18.7 Å². The van der Waals surface area contributed by atoms with Crippen LogP contribution in [0.25, 0.3) is 6.08 Å². The van der Waals surface area contributed by atoms with E-state index in [1.54, 1.807) is 25.3 Å². The first-order valence-corrected chi connectivity index (χ1v) is 8.82. The molecule has 1 N–H and O–H groups in total. The van der Waals surface area contributed by atoms with Crippen molar-refractivity contribution in [2.45, 2.75) is 13.5 Å². The van der Waals surface area contributed by atoms with Crippen LogP contribution in [0.5, 0.6) is 11.5 Å². The lowest BCUT2D eigenvalue weighted by atomic mass is 10.1. The fourth-order valence-corrected chi connectivity index (χ4v) is 3.04. The fourth-order valence-electron chi connectivity index (χ4n) is 2.72. The van der Waals surface area contributed by atoms with Crippen LogP contribution in [0.4, 0.5) is 4.39 Å². The van der Waals surface area contributed by atoms with E-state index in [-0.39, 0.29) is 18.3 Å². The number of benzene rings is 2. The van der Waals surface area contributed by atoms with Crippen molar-refractivity contribution in [3.05, 3.63) is 65.1 Å². The lowest BCUT2D eigenvalue weighted by molar-refractivity contribution is -0.122. The van der Waals surface area contributed by atoms with Gasteiger partial charge in [-0.1, -0.05) is 6.07 Å². The van der Waals surface area contributed by atoms with Crippen molar-refractivity contribution in [3.63, 3.8) is 0 Å². The molecule has 140 valence electrons. The van der Waals surface area contributed by atoms with Gasteiger partial charge in [-0.05, 0) is 67.2 Å². The molecule has 0 saturated carbocycles. The molecule has 0 spiro atoms. The van der Waals surface area contributed by atoms with Crippen LogP contribution in [0.1, 0.15) is 18.1 Å². The second-order valence-electron chi connectivity index (χ2n) is 5.85. The molecule has 5 nitrogen and oxygen atoms in total. The number of hydrogen-bond acceptors (Lipinski definition) is 4. The fraction of sp³-hybridized carbons (Fsp3) is 0.200. The largest absolute Gasteiger partial charge is 0.496 e. The summed E-state index contributed by atoms with van der Waals surface area (Å²) in [4.78, 5) is 13.8. The van der Waals surface area contributed by atoms with E-state index in [1.807, 2.05) is 25.1 Å². The highest BCUT2D eigenvalue weighted by Crippen LogP contribution is 2.24. The number of halogens is 1. The zero-order valence-electron chi connectivity index (χ0n) is 15.0.